The summed E-state index contributed by atoms with van der Waals surface area (Å²) in [4.78, 5) is 0. The van der Waals surface area contributed by atoms with Crippen molar-refractivity contribution in [2.75, 3.05) is 0 Å². The molecule has 0 spiro atoms. The van der Waals surface area contributed by atoms with Crippen LogP contribution in [0.1, 0.15) is 26.2 Å². The zero-order chi connectivity index (χ0) is 8.86. The average Bonchev–Trinajstić information content (AvgIpc) is 2.06. The molecule has 1 unspecified atom stereocenters. The fraction of sp³-hybridized carbons (Fsp3) is 0.455. The Morgan fingerprint density at radius 1 is 1.50 bits per heavy atom. The molecule has 0 aliphatic heterocycles. The minimum atomic E-state index is -0.718. The van der Waals surface area contributed by atoms with Gasteiger partial charge in [-0.3, -0.25) is 0 Å². The first-order valence-electron chi connectivity index (χ1n) is 4.51. The maximum atomic E-state index is 9.87. The molecule has 0 heterocycles. The highest BCUT2D eigenvalue weighted by atomic mass is 16.3. The van der Waals surface area contributed by atoms with Gasteiger partial charge in [-0.05, 0) is 12.5 Å². The Bertz CT molecular complexity index is 213. The lowest BCUT2D eigenvalue weighted by molar-refractivity contribution is 0.144. The van der Waals surface area contributed by atoms with E-state index in [0.29, 0.717) is 6.42 Å². The molecule has 0 saturated carbocycles. The summed E-state index contributed by atoms with van der Waals surface area (Å²) in [6.45, 7) is 2.13. The van der Waals surface area contributed by atoms with Crippen LogP contribution in [0.4, 0.5) is 0 Å². The van der Waals surface area contributed by atoms with Gasteiger partial charge in [0.25, 0.3) is 0 Å². The van der Waals surface area contributed by atoms with Crippen molar-refractivity contribution in [1.82, 2.24) is 0 Å². The van der Waals surface area contributed by atoms with Gasteiger partial charge in [0.05, 0.1) is 0 Å². The minimum Gasteiger partial charge on any atom is -0.381 e. The second kappa shape index (κ2) is 4.27. The first-order chi connectivity index (χ1) is 5.77. The summed E-state index contributed by atoms with van der Waals surface area (Å²) < 4.78 is 0. The van der Waals surface area contributed by atoms with Crippen LogP contribution in [0.25, 0.3) is 0 Å². The Hall–Kier alpha value is -0.820. The molecule has 1 N–H and O–H groups in total. The molecule has 12 heavy (non-hydrogen) atoms. The Morgan fingerprint density at radius 3 is 2.92 bits per heavy atom. The second-order valence-electron chi connectivity index (χ2n) is 3.17. The van der Waals surface area contributed by atoms with Gasteiger partial charge < -0.3 is 5.11 Å². The van der Waals surface area contributed by atoms with Crippen LogP contribution in [0, 0.1) is 0 Å². The average molecular weight is 164 g/mol. The molecule has 66 valence electrons. The van der Waals surface area contributed by atoms with Crippen molar-refractivity contribution in [3.05, 3.63) is 36.5 Å². The number of allylic oxidation sites excluding steroid dienone is 3. The predicted octanol–water partition coefficient (Wildman–Crippen LogP) is 2.59. The third kappa shape index (κ3) is 2.67. The smallest absolute Gasteiger partial charge is 0.105 e. The van der Waals surface area contributed by atoms with Crippen LogP contribution < -0.4 is 0 Å². The molecule has 1 aliphatic carbocycles. The van der Waals surface area contributed by atoms with Gasteiger partial charge in [-0.1, -0.05) is 43.7 Å². The zero-order valence-corrected chi connectivity index (χ0v) is 7.53. The van der Waals surface area contributed by atoms with E-state index in [4.69, 9.17) is 0 Å². The van der Waals surface area contributed by atoms with E-state index < -0.39 is 5.60 Å². The monoisotopic (exact) mass is 164 g/mol. The maximum Gasteiger partial charge on any atom is 0.105 e. The van der Waals surface area contributed by atoms with E-state index in [0.717, 1.165) is 12.8 Å². The lowest BCUT2D eigenvalue weighted by Crippen LogP contribution is -2.22. The summed E-state index contributed by atoms with van der Waals surface area (Å²) in [5, 5.41) is 9.87. The van der Waals surface area contributed by atoms with Crippen molar-refractivity contribution in [2.24, 2.45) is 0 Å². The lowest BCUT2D eigenvalue weighted by Gasteiger charge is -2.20. The molecule has 0 aromatic carbocycles. The Kier molecular flexibility index (Phi) is 3.30. The van der Waals surface area contributed by atoms with E-state index >= 15 is 0 Å². The molecule has 1 heteroatoms. The Labute approximate surface area is 74.1 Å². The van der Waals surface area contributed by atoms with Gasteiger partial charge in [-0.15, -0.1) is 0 Å². The minimum absolute atomic E-state index is 0.698. The molecule has 1 nitrogen and oxygen atoms in total. The number of unbranched alkanes of at least 4 members (excludes halogenated alkanes) is 1. The topological polar surface area (TPSA) is 20.2 Å². The SMILES string of the molecule is CCCC=CC1(O)C=CC=CC1. The van der Waals surface area contributed by atoms with Gasteiger partial charge in [-0.25, -0.2) is 0 Å². The van der Waals surface area contributed by atoms with Crippen LogP contribution in [0.5, 0.6) is 0 Å². The van der Waals surface area contributed by atoms with E-state index in [2.05, 4.69) is 6.92 Å². The summed E-state index contributed by atoms with van der Waals surface area (Å²) in [5.74, 6) is 0. The molecule has 1 aliphatic rings. The lowest BCUT2D eigenvalue weighted by atomic mass is 9.95. The van der Waals surface area contributed by atoms with Crippen LogP contribution in [-0.2, 0) is 0 Å². The number of rotatable bonds is 3. The molecule has 0 saturated heterocycles. The van der Waals surface area contributed by atoms with Gasteiger partial charge in [0.1, 0.15) is 5.60 Å². The zero-order valence-electron chi connectivity index (χ0n) is 7.53. The van der Waals surface area contributed by atoms with E-state index in [1.807, 2.05) is 36.5 Å². The highest BCUT2D eigenvalue weighted by Gasteiger charge is 2.18. The Balaban J connectivity index is 2.49. The second-order valence-corrected chi connectivity index (χ2v) is 3.17. The third-order valence-corrected chi connectivity index (χ3v) is 1.94. The van der Waals surface area contributed by atoms with Crippen molar-refractivity contribution in [3.8, 4) is 0 Å². The Morgan fingerprint density at radius 2 is 2.33 bits per heavy atom. The van der Waals surface area contributed by atoms with E-state index in [1.54, 1.807) is 0 Å². The predicted molar refractivity (Wildman–Crippen MR) is 51.9 cm³/mol. The summed E-state index contributed by atoms with van der Waals surface area (Å²) in [6.07, 6.45) is 14.5. The molecule has 0 fully saturated rings. The van der Waals surface area contributed by atoms with Crippen molar-refractivity contribution >= 4 is 0 Å². The van der Waals surface area contributed by atoms with E-state index in [-0.39, 0.29) is 0 Å². The molecule has 1 rings (SSSR count). The summed E-state index contributed by atoms with van der Waals surface area (Å²) in [7, 11) is 0. The van der Waals surface area contributed by atoms with Crippen LogP contribution >= 0.6 is 0 Å². The van der Waals surface area contributed by atoms with Gasteiger partial charge in [0.2, 0.25) is 0 Å². The number of hydrogen-bond donors (Lipinski definition) is 1. The molecule has 0 aromatic heterocycles. The molecule has 0 amide bonds. The molecule has 0 bridgehead atoms. The summed E-state index contributed by atoms with van der Waals surface area (Å²) in [6, 6.07) is 0. The molecule has 0 radical (unpaired) electrons. The summed E-state index contributed by atoms with van der Waals surface area (Å²) in [5.41, 5.74) is -0.718. The van der Waals surface area contributed by atoms with Crippen LogP contribution in [0.15, 0.2) is 36.5 Å². The van der Waals surface area contributed by atoms with Crippen LogP contribution in [0.3, 0.4) is 0 Å². The maximum absolute atomic E-state index is 9.87. The van der Waals surface area contributed by atoms with Gasteiger partial charge in [-0.2, -0.15) is 0 Å². The van der Waals surface area contributed by atoms with Gasteiger partial charge >= 0.3 is 0 Å². The molecular weight excluding hydrogens is 148 g/mol. The van der Waals surface area contributed by atoms with E-state index in [9.17, 15) is 5.11 Å². The quantitative estimate of drug-likeness (QED) is 0.636. The first-order valence-corrected chi connectivity index (χ1v) is 4.51. The normalized spacial score (nSPS) is 28.5. The molecule has 1 atom stereocenters. The summed E-state index contributed by atoms with van der Waals surface area (Å²) >= 11 is 0. The largest absolute Gasteiger partial charge is 0.381 e. The fourth-order valence-electron chi connectivity index (χ4n) is 1.20. The fourth-order valence-corrected chi connectivity index (χ4v) is 1.20. The van der Waals surface area contributed by atoms with E-state index in [1.165, 1.54) is 0 Å². The standard InChI is InChI=1S/C11H16O/c1-2-3-5-8-11(12)9-6-4-7-10-11/h4-9,12H,2-3,10H2,1H3. The van der Waals surface area contributed by atoms with Crippen molar-refractivity contribution < 1.29 is 5.11 Å². The van der Waals surface area contributed by atoms with Gasteiger partial charge in [0.15, 0.2) is 0 Å². The third-order valence-electron chi connectivity index (χ3n) is 1.94. The molecular formula is C11H16O. The van der Waals surface area contributed by atoms with Crippen molar-refractivity contribution in [3.63, 3.8) is 0 Å². The number of hydrogen-bond acceptors (Lipinski definition) is 1. The number of aliphatic hydroxyl groups is 1. The van der Waals surface area contributed by atoms with Gasteiger partial charge in [0, 0.05) is 6.42 Å². The van der Waals surface area contributed by atoms with Crippen molar-refractivity contribution in [2.45, 2.75) is 31.8 Å². The highest BCUT2D eigenvalue weighted by Crippen LogP contribution is 2.19. The van der Waals surface area contributed by atoms with Crippen LogP contribution in [0.2, 0.25) is 0 Å². The van der Waals surface area contributed by atoms with Crippen molar-refractivity contribution in [1.29, 1.82) is 0 Å². The molecule has 0 aromatic rings. The highest BCUT2D eigenvalue weighted by molar-refractivity contribution is 5.24. The van der Waals surface area contributed by atoms with Crippen LogP contribution in [-0.4, -0.2) is 10.7 Å². The first kappa shape index (κ1) is 9.27.